The highest BCUT2D eigenvalue weighted by Gasteiger charge is 2.27. The lowest BCUT2D eigenvalue weighted by Gasteiger charge is -2.41. The number of amides is 1. The molecule has 0 radical (unpaired) electrons. The lowest BCUT2D eigenvalue weighted by atomic mass is 9.95. The number of carbonyl (C=O) groups excluding carboxylic acids is 1. The quantitative estimate of drug-likeness (QED) is 0.541. The molecule has 194 valence electrons. The Labute approximate surface area is 217 Å². The Bertz CT molecular complexity index is 1030. The van der Waals surface area contributed by atoms with Crippen molar-refractivity contribution in [3.63, 3.8) is 0 Å². The maximum atomic E-state index is 11.2. The molecule has 2 fully saturated rings. The Balaban J connectivity index is 1.53. The SMILES string of the molecule is CCC(/C(C)=C1\C=CC=CC=C1NC=O)N(C)c1cc(N2CCC(N3CCOCC3)CC2)ccc1C. The number of piperidine rings is 1. The van der Waals surface area contributed by atoms with Crippen LogP contribution < -0.4 is 15.1 Å². The van der Waals surface area contributed by atoms with Crippen LogP contribution in [-0.2, 0) is 9.53 Å². The van der Waals surface area contributed by atoms with E-state index < -0.39 is 0 Å². The van der Waals surface area contributed by atoms with Crippen LogP contribution in [0.2, 0.25) is 0 Å². The van der Waals surface area contributed by atoms with Gasteiger partial charge in [-0.15, -0.1) is 0 Å². The molecule has 0 spiro atoms. The zero-order valence-electron chi connectivity index (χ0n) is 22.4. The third-order valence-corrected chi connectivity index (χ3v) is 8.00. The molecular formula is C30H42N4O2. The lowest BCUT2D eigenvalue weighted by molar-refractivity contribution is -0.108. The van der Waals surface area contributed by atoms with Gasteiger partial charge in [-0.1, -0.05) is 37.3 Å². The van der Waals surface area contributed by atoms with E-state index in [0.717, 1.165) is 63.5 Å². The minimum Gasteiger partial charge on any atom is -0.379 e. The first-order valence-electron chi connectivity index (χ1n) is 13.4. The number of allylic oxidation sites excluding steroid dienone is 5. The van der Waals surface area contributed by atoms with Gasteiger partial charge in [0.2, 0.25) is 6.41 Å². The van der Waals surface area contributed by atoms with Crippen LogP contribution in [0, 0.1) is 6.92 Å². The summed E-state index contributed by atoms with van der Waals surface area (Å²) >= 11 is 0. The summed E-state index contributed by atoms with van der Waals surface area (Å²) in [5, 5.41) is 2.89. The van der Waals surface area contributed by atoms with E-state index in [1.165, 1.54) is 35.4 Å². The topological polar surface area (TPSA) is 48.1 Å². The van der Waals surface area contributed by atoms with Crippen molar-refractivity contribution in [1.82, 2.24) is 10.2 Å². The number of benzene rings is 1. The van der Waals surface area contributed by atoms with E-state index >= 15 is 0 Å². The lowest BCUT2D eigenvalue weighted by Crippen LogP contribution is -2.49. The molecular weight excluding hydrogens is 448 g/mol. The molecule has 6 nitrogen and oxygen atoms in total. The highest BCUT2D eigenvalue weighted by atomic mass is 16.5. The van der Waals surface area contributed by atoms with Crippen molar-refractivity contribution in [2.24, 2.45) is 0 Å². The minimum atomic E-state index is 0.209. The second kappa shape index (κ2) is 12.4. The second-order valence-corrected chi connectivity index (χ2v) is 10.1. The summed E-state index contributed by atoms with van der Waals surface area (Å²) in [6.07, 6.45) is 14.2. The van der Waals surface area contributed by atoms with Gasteiger partial charge < -0.3 is 19.9 Å². The van der Waals surface area contributed by atoms with Crippen LogP contribution in [-0.4, -0.2) is 69.8 Å². The van der Waals surface area contributed by atoms with Crippen molar-refractivity contribution in [3.8, 4) is 0 Å². The maximum Gasteiger partial charge on any atom is 0.211 e. The van der Waals surface area contributed by atoms with Gasteiger partial charge in [-0.3, -0.25) is 9.69 Å². The number of hydrogen-bond acceptors (Lipinski definition) is 5. The molecule has 1 atom stereocenters. The highest BCUT2D eigenvalue weighted by Crippen LogP contribution is 2.33. The van der Waals surface area contributed by atoms with Crippen molar-refractivity contribution in [1.29, 1.82) is 0 Å². The molecule has 1 amide bonds. The molecule has 1 unspecified atom stereocenters. The minimum absolute atomic E-state index is 0.209. The highest BCUT2D eigenvalue weighted by molar-refractivity contribution is 5.65. The molecule has 6 heteroatoms. The van der Waals surface area contributed by atoms with Gasteiger partial charge in [0.25, 0.3) is 0 Å². The predicted octanol–water partition coefficient (Wildman–Crippen LogP) is 4.58. The molecule has 2 aliphatic heterocycles. The van der Waals surface area contributed by atoms with Crippen LogP contribution in [0.15, 0.2) is 65.4 Å². The molecule has 3 aliphatic rings. The molecule has 1 aliphatic carbocycles. The van der Waals surface area contributed by atoms with Gasteiger partial charge in [0.1, 0.15) is 0 Å². The number of likely N-dealkylation sites (N-methyl/N-ethyl adjacent to an activating group) is 1. The molecule has 0 saturated carbocycles. The average molecular weight is 491 g/mol. The summed E-state index contributed by atoms with van der Waals surface area (Å²) in [4.78, 5) is 18.8. The van der Waals surface area contributed by atoms with Crippen LogP contribution in [0.3, 0.4) is 0 Å². The summed E-state index contributed by atoms with van der Waals surface area (Å²) in [6, 6.07) is 7.80. The van der Waals surface area contributed by atoms with Gasteiger partial charge in [0.05, 0.1) is 19.3 Å². The first kappa shape index (κ1) is 26.2. The van der Waals surface area contributed by atoms with Gasteiger partial charge in [0.15, 0.2) is 0 Å². The smallest absolute Gasteiger partial charge is 0.211 e. The van der Waals surface area contributed by atoms with E-state index in [-0.39, 0.29) is 6.04 Å². The molecule has 0 aromatic heterocycles. The van der Waals surface area contributed by atoms with E-state index in [1.54, 1.807) is 0 Å². The van der Waals surface area contributed by atoms with Crippen molar-refractivity contribution < 1.29 is 9.53 Å². The molecule has 0 bridgehead atoms. The van der Waals surface area contributed by atoms with E-state index in [1.807, 2.05) is 24.3 Å². The predicted molar refractivity (Wildman–Crippen MR) is 150 cm³/mol. The molecule has 2 heterocycles. The Morgan fingerprint density at radius 2 is 1.92 bits per heavy atom. The standard InChI is InChI=1S/C30H42N4O2/c1-5-29(24(3)27-9-7-6-8-10-28(27)31-22-35)32(4)30-21-26(12-11-23(30)2)33-15-13-25(14-16-33)34-17-19-36-20-18-34/h6-12,21-22,25,29H,5,13-20H2,1-4H3,(H,31,35)/b27-24+. The van der Waals surface area contributed by atoms with Gasteiger partial charge in [-0.05, 0) is 68.0 Å². The van der Waals surface area contributed by atoms with Gasteiger partial charge in [0, 0.05) is 56.3 Å². The summed E-state index contributed by atoms with van der Waals surface area (Å²) in [7, 11) is 2.20. The summed E-state index contributed by atoms with van der Waals surface area (Å²) in [5.41, 5.74) is 7.01. The molecule has 1 N–H and O–H groups in total. The molecule has 4 rings (SSSR count). The van der Waals surface area contributed by atoms with E-state index in [4.69, 9.17) is 4.74 Å². The fourth-order valence-corrected chi connectivity index (χ4v) is 5.90. The van der Waals surface area contributed by atoms with Gasteiger partial charge >= 0.3 is 0 Å². The number of carbonyl (C=O) groups is 1. The fourth-order valence-electron chi connectivity index (χ4n) is 5.90. The van der Waals surface area contributed by atoms with Crippen molar-refractivity contribution >= 4 is 17.8 Å². The number of nitrogens with zero attached hydrogens (tertiary/aromatic N) is 3. The summed E-state index contributed by atoms with van der Waals surface area (Å²) in [6.45, 7) is 12.7. The number of hydrogen-bond donors (Lipinski definition) is 1. The zero-order chi connectivity index (χ0) is 25.5. The fraction of sp³-hybridized carbons (Fsp3) is 0.500. The largest absolute Gasteiger partial charge is 0.379 e. The van der Waals surface area contributed by atoms with Crippen molar-refractivity contribution in [2.45, 2.75) is 52.1 Å². The Morgan fingerprint density at radius 1 is 1.17 bits per heavy atom. The van der Waals surface area contributed by atoms with Crippen LogP contribution >= 0.6 is 0 Å². The van der Waals surface area contributed by atoms with Crippen LogP contribution in [0.25, 0.3) is 0 Å². The summed E-state index contributed by atoms with van der Waals surface area (Å²) < 4.78 is 5.55. The van der Waals surface area contributed by atoms with Crippen molar-refractivity contribution in [3.05, 3.63) is 71.0 Å². The normalized spacial score (nSPS) is 21.6. The Kier molecular flexibility index (Phi) is 9.05. The third kappa shape index (κ3) is 5.93. The number of rotatable bonds is 8. The Hall–Kier alpha value is -2.83. The van der Waals surface area contributed by atoms with E-state index in [9.17, 15) is 4.79 Å². The average Bonchev–Trinajstić information content (AvgIpc) is 3.15. The van der Waals surface area contributed by atoms with Crippen LogP contribution in [0.1, 0.15) is 38.7 Å². The Morgan fingerprint density at radius 3 is 2.61 bits per heavy atom. The number of anilines is 2. The molecule has 36 heavy (non-hydrogen) atoms. The molecule has 2 saturated heterocycles. The van der Waals surface area contributed by atoms with Crippen molar-refractivity contribution in [2.75, 3.05) is 56.2 Å². The zero-order valence-corrected chi connectivity index (χ0v) is 22.4. The number of morpholine rings is 1. The van der Waals surface area contributed by atoms with E-state index in [2.05, 4.69) is 72.1 Å². The number of ether oxygens (including phenoxy) is 1. The number of aryl methyl sites for hydroxylation is 1. The summed E-state index contributed by atoms with van der Waals surface area (Å²) in [5.74, 6) is 0. The monoisotopic (exact) mass is 490 g/mol. The first-order valence-corrected chi connectivity index (χ1v) is 13.4. The van der Waals surface area contributed by atoms with Gasteiger partial charge in [-0.25, -0.2) is 0 Å². The third-order valence-electron chi connectivity index (χ3n) is 8.00. The second-order valence-electron chi connectivity index (χ2n) is 10.1. The van der Waals surface area contributed by atoms with E-state index in [0.29, 0.717) is 6.04 Å². The first-order chi connectivity index (χ1) is 17.5. The number of nitrogens with one attached hydrogen (secondary N) is 1. The van der Waals surface area contributed by atoms with Crippen LogP contribution in [0.5, 0.6) is 0 Å². The molecule has 1 aromatic carbocycles. The molecule has 1 aromatic rings. The van der Waals surface area contributed by atoms with Crippen LogP contribution in [0.4, 0.5) is 11.4 Å². The van der Waals surface area contributed by atoms with Gasteiger partial charge in [-0.2, -0.15) is 0 Å². The maximum absolute atomic E-state index is 11.2.